The summed E-state index contributed by atoms with van der Waals surface area (Å²) in [5.41, 5.74) is 3.90. The van der Waals surface area contributed by atoms with Gasteiger partial charge < -0.3 is 0 Å². The summed E-state index contributed by atoms with van der Waals surface area (Å²) < 4.78 is 0. The predicted molar refractivity (Wildman–Crippen MR) is 72.0 cm³/mol. The molecule has 0 aromatic heterocycles. The Morgan fingerprint density at radius 3 is 1.88 bits per heavy atom. The molecule has 0 fully saturated rings. The average molecular weight is 207 g/mol. The smallest absolute Gasteiger partial charge is 0.0814 e. The lowest BCUT2D eigenvalue weighted by Gasteiger charge is -2.06. The van der Waals surface area contributed by atoms with E-state index in [2.05, 4.69) is 69.7 Å². The van der Waals surface area contributed by atoms with Gasteiger partial charge in [-0.2, -0.15) is 0 Å². The Hall–Kier alpha value is -1.50. The molecule has 79 valence electrons. The first-order chi connectivity index (χ1) is 7.75. The molecule has 0 atom stereocenters. The van der Waals surface area contributed by atoms with Gasteiger partial charge in [-0.05, 0) is 11.5 Å². The minimum Gasteiger partial charge on any atom is -0.0814 e. The largest absolute Gasteiger partial charge is 0.191 e. The van der Waals surface area contributed by atoms with Crippen LogP contribution in [0.15, 0.2) is 54.6 Å². The molecule has 0 bridgehead atoms. The van der Waals surface area contributed by atoms with Gasteiger partial charge in [0.25, 0.3) is 0 Å². The highest BCUT2D eigenvalue weighted by Crippen LogP contribution is 2.11. The summed E-state index contributed by atoms with van der Waals surface area (Å²) in [6.07, 6.45) is 0. The third-order valence-electron chi connectivity index (χ3n) is 2.74. The Bertz CT molecular complexity index is 429. The quantitative estimate of drug-likeness (QED) is 0.678. The zero-order valence-electron chi connectivity index (χ0n) is 9.85. The van der Waals surface area contributed by atoms with Gasteiger partial charge in [-0.15, -0.1) is 0 Å². The van der Waals surface area contributed by atoms with E-state index in [1.807, 2.05) is 6.07 Å². The van der Waals surface area contributed by atoms with E-state index in [-0.39, 0.29) is 0 Å². The molecule has 0 heterocycles. The van der Waals surface area contributed by atoms with Gasteiger partial charge in [0.15, 0.2) is 7.28 Å². The van der Waals surface area contributed by atoms with E-state index < -0.39 is 0 Å². The lowest BCUT2D eigenvalue weighted by atomic mass is 9.64. The SMILES string of the molecule is CC(C)c1ccc([B]c2ccccc2)cc1. The lowest BCUT2D eigenvalue weighted by molar-refractivity contribution is 0.867. The van der Waals surface area contributed by atoms with Gasteiger partial charge in [0.2, 0.25) is 0 Å². The van der Waals surface area contributed by atoms with Crippen molar-refractivity contribution in [3.05, 3.63) is 60.2 Å². The van der Waals surface area contributed by atoms with Crippen molar-refractivity contribution in [2.75, 3.05) is 0 Å². The Kier molecular flexibility index (Phi) is 3.45. The summed E-state index contributed by atoms with van der Waals surface area (Å²) in [5.74, 6) is 0.603. The second kappa shape index (κ2) is 5.02. The van der Waals surface area contributed by atoms with Crippen LogP contribution in [-0.2, 0) is 0 Å². The minimum absolute atomic E-state index is 0.603. The zero-order valence-corrected chi connectivity index (χ0v) is 9.85. The van der Waals surface area contributed by atoms with Crippen molar-refractivity contribution in [1.29, 1.82) is 0 Å². The first kappa shape index (κ1) is 11.0. The normalized spacial score (nSPS) is 10.4. The molecule has 0 nitrogen and oxygen atoms in total. The standard InChI is InChI=1S/C15H16B/c1-12(2)13-8-10-15(11-9-13)16-14-6-4-3-5-7-14/h3-12H,1-2H3. The van der Waals surface area contributed by atoms with Crippen molar-refractivity contribution < 1.29 is 0 Å². The second-order valence-electron chi connectivity index (χ2n) is 4.38. The monoisotopic (exact) mass is 207 g/mol. The molecule has 0 amide bonds. The molecule has 0 saturated heterocycles. The van der Waals surface area contributed by atoms with Crippen LogP contribution in [0.25, 0.3) is 0 Å². The van der Waals surface area contributed by atoms with Gasteiger partial charge in [-0.3, -0.25) is 0 Å². The third kappa shape index (κ3) is 2.76. The Balaban J connectivity index is 2.11. The first-order valence-corrected chi connectivity index (χ1v) is 5.75. The molecule has 1 radical (unpaired) electrons. The van der Waals surface area contributed by atoms with Crippen molar-refractivity contribution in [1.82, 2.24) is 0 Å². The molecule has 1 heteroatoms. The lowest BCUT2D eigenvalue weighted by Crippen LogP contribution is -2.26. The van der Waals surface area contributed by atoms with E-state index >= 15 is 0 Å². The van der Waals surface area contributed by atoms with Crippen LogP contribution in [0.5, 0.6) is 0 Å². The molecule has 16 heavy (non-hydrogen) atoms. The molecule has 0 spiro atoms. The van der Waals surface area contributed by atoms with Gasteiger partial charge in [0.1, 0.15) is 0 Å². The predicted octanol–water partition coefficient (Wildman–Crippen LogP) is 2.47. The van der Waals surface area contributed by atoms with E-state index in [4.69, 9.17) is 0 Å². The summed E-state index contributed by atoms with van der Waals surface area (Å²) in [4.78, 5) is 0. The van der Waals surface area contributed by atoms with E-state index in [1.54, 1.807) is 0 Å². The molecular formula is C15H16B. The van der Waals surface area contributed by atoms with Gasteiger partial charge in [-0.1, -0.05) is 79.4 Å². The Labute approximate surface area is 98.6 Å². The highest BCUT2D eigenvalue weighted by molar-refractivity contribution is 6.67. The molecule has 0 aliphatic heterocycles. The molecular weight excluding hydrogens is 191 g/mol. The number of benzene rings is 2. The second-order valence-corrected chi connectivity index (χ2v) is 4.38. The molecule has 0 saturated carbocycles. The van der Waals surface area contributed by atoms with E-state index in [0.29, 0.717) is 5.92 Å². The highest BCUT2D eigenvalue weighted by atomic mass is 14.0. The van der Waals surface area contributed by atoms with Gasteiger partial charge in [0.05, 0.1) is 0 Å². The van der Waals surface area contributed by atoms with E-state index in [0.717, 1.165) is 0 Å². The van der Waals surface area contributed by atoms with Gasteiger partial charge >= 0.3 is 0 Å². The summed E-state index contributed by atoms with van der Waals surface area (Å²) in [5, 5.41) is 0. The van der Waals surface area contributed by atoms with Gasteiger partial charge in [-0.25, -0.2) is 0 Å². The van der Waals surface area contributed by atoms with Crippen LogP contribution in [0.3, 0.4) is 0 Å². The molecule has 2 rings (SSSR count). The molecule has 0 aliphatic carbocycles. The maximum atomic E-state index is 2.22. The fraction of sp³-hybridized carbons (Fsp3) is 0.200. The van der Waals surface area contributed by atoms with Crippen LogP contribution in [0, 0.1) is 0 Å². The van der Waals surface area contributed by atoms with Crippen LogP contribution in [0.1, 0.15) is 25.3 Å². The fourth-order valence-electron chi connectivity index (χ4n) is 1.72. The fourth-order valence-corrected chi connectivity index (χ4v) is 1.72. The Morgan fingerprint density at radius 2 is 1.31 bits per heavy atom. The number of hydrogen-bond acceptors (Lipinski definition) is 0. The van der Waals surface area contributed by atoms with Crippen molar-refractivity contribution in [2.45, 2.75) is 19.8 Å². The van der Waals surface area contributed by atoms with Crippen LogP contribution >= 0.6 is 0 Å². The van der Waals surface area contributed by atoms with E-state index in [1.165, 1.54) is 16.5 Å². The van der Waals surface area contributed by atoms with Crippen LogP contribution < -0.4 is 10.9 Å². The van der Waals surface area contributed by atoms with Crippen molar-refractivity contribution in [3.8, 4) is 0 Å². The first-order valence-electron chi connectivity index (χ1n) is 5.75. The average Bonchev–Trinajstić information content (AvgIpc) is 2.31. The summed E-state index contributed by atoms with van der Waals surface area (Å²) >= 11 is 0. The highest BCUT2D eigenvalue weighted by Gasteiger charge is 2.00. The van der Waals surface area contributed by atoms with E-state index in [9.17, 15) is 0 Å². The summed E-state index contributed by atoms with van der Waals surface area (Å²) in [7, 11) is 2.20. The van der Waals surface area contributed by atoms with Crippen LogP contribution in [0.2, 0.25) is 0 Å². The maximum Gasteiger partial charge on any atom is 0.191 e. The van der Waals surface area contributed by atoms with Crippen LogP contribution in [-0.4, -0.2) is 7.28 Å². The molecule has 0 unspecified atom stereocenters. The van der Waals surface area contributed by atoms with Crippen molar-refractivity contribution >= 4 is 18.2 Å². The molecule has 2 aromatic carbocycles. The number of rotatable bonds is 3. The summed E-state index contributed by atoms with van der Waals surface area (Å²) in [6.45, 7) is 4.44. The molecule has 0 aliphatic rings. The Morgan fingerprint density at radius 1 is 0.750 bits per heavy atom. The minimum atomic E-state index is 0.603. The van der Waals surface area contributed by atoms with Crippen LogP contribution in [0.4, 0.5) is 0 Å². The molecule has 2 aromatic rings. The topological polar surface area (TPSA) is 0 Å². The van der Waals surface area contributed by atoms with Crippen molar-refractivity contribution in [2.24, 2.45) is 0 Å². The third-order valence-corrected chi connectivity index (χ3v) is 2.74. The maximum absolute atomic E-state index is 2.22. The molecule has 0 N–H and O–H groups in total. The van der Waals surface area contributed by atoms with Crippen molar-refractivity contribution in [3.63, 3.8) is 0 Å². The van der Waals surface area contributed by atoms with Gasteiger partial charge in [0, 0.05) is 0 Å². The summed E-state index contributed by atoms with van der Waals surface area (Å²) in [6, 6.07) is 19.2. The zero-order chi connectivity index (χ0) is 11.4. The number of hydrogen-bond donors (Lipinski definition) is 0.